The first kappa shape index (κ1) is 45.8. The van der Waals surface area contributed by atoms with Crippen LogP contribution in [-0.4, -0.2) is 70.2 Å². The number of benzene rings is 1. The van der Waals surface area contributed by atoms with Gasteiger partial charge in [0.05, 0.1) is 9.09 Å². The largest absolute Gasteiger partial charge is 0.388 e. The van der Waals surface area contributed by atoms with Gasteiger partial charge in [0.1, 0.15) is 0 Å². The zero-order valence-corrected chi connectivity index (χ0v) is 33.2. The van der Waals surface area contributed by atoms with Crippen LogP contribution in [0.5, 0.6) is 0 Å². The number of thiophene rings is 1. The molecule has 0 bridgehead atoms. The third kappa shape index (κ3) is 19.1. The maximum absolute atomic E-state index is 13.2. The molecule has 8 heteroatoms. The van der Waals surface area contributed by atoms with Gasteiger partial charge in [0.25, 0.3) is 5.91 Å². The zero-order valence-electron chi connectivity index (χ0n) is 31.6. The van der Waals surface area contributed by atoms with E-state index in [1.54, 1.807) is 31.0 Å². The van der Waals surface area contributed by atoms with Gasteiger partial charge < -0.3 is 20.2 Å². The number of fused-ring (bicyclic) bond motifs is 1. The molecule has 3 N–H and O–H groups in total. The van der Waals surface area contributed by atoms with Crippen molar-refractivity contribution in [2.45, 2.75) is 96.1 Å². The highest BCUT2D eigenvalue weighted by atomic mass is 32.2. The van der Waals surface area contributed by atoms with Crippen LogP contribution >= 0.6 is 23.1 Å². The lowest BCUT2D eigenvalue weighted by atomic mass is 9.88. The van der Waals surface area contributed by atoms with Crippen molar-refractivity contribution in [2.75, 3.05) is 54.2 Å². The van der Waals surface area contributed by atoms with E-state index in [1.165, 1.54) is 52.8 Å². The number of ether oxygens (including phenoxy) is 1. The molecule has 1 heterocycles. The predicted octanol–water partition coefficient (Wildman–Crippen LogP) is 9.78. The van der Waals surface area contributed by atoms with Crippen molar-refractivity contribution in [3.63, 3.8) is 0 Å². The lowest BCUT2D eigenvalue weighted by molar-refractivity contribution is 0.0955. The normalized spacial score (nSPS) is 17.2. The van der Waals surface area contributed by atoms with E-state index in [-0.39, 0.29) is 5.91 Å². The van der Waals surface area contributed by atoms with Crippen molar-refractivity contribution in [2.24, 2.45) is 5.92 Å². The number of amides is 1. The zero-order chi connectivity index (χ0) is 36.0. The van der Waals surface area contributed by atoms with Gasteiger partial charge in [-0.15, -0.1) is 23.1 Å². The average molecular weight is 702 g/mol. The van der Waals surface area contributed by atoms with Crippen molar-refractivity contribution >= 4 is 29.0 Å². The Bertz CT molecular complexity index is 1160. The van der Waals surface area contributed by atoms with Gasteiger partial charge in [-0.05, 0) is 119 Å². The van der Waals surface area contributed by atoms with Crippen LogP contribution in [-0.2, 0) is 24.0 Å². The van der Waals surface area contributed by atoms with Gasteiger partial charge in [-0.3, -0.25) is 4.79 Å². The lowest BCUT2D eigenvalue weighted by Crippen LogP contribution is -2.26. The fraction of sp³-hybridized carbons (Fsp3) is 0.575. The average Bonchev–Trinajstić information content (AvgIpc) is 3.28. The van der Waals surface area contributed by atoms with E-state index in [1.807, 2.05) is 31.7 Å². The number of carbonyl (C=O) groups excluding carboxylic acids is 1. The molecule has 48 heavy (non-hydrogen) atoms. The Labute approximate surface area is 302 Å². The summed E-state index contributed by atoms with van der Waals surface area (Å²) in [5.41, 5.74) is 7.40. The van der Waals surface area contributed by atoms with Gasteiger partial charge in [0.15, 0.2) is 0 Å². The molecule has 0 fully saturated rings. The molecule has 1 aromatic heterocycles. The molecule has 1 unspecified atom stereocenters. The Hall–Kier alpha value is -2.20. The van der Waals surface area contributed by atoms with Gasteiger partial charge in [-0.2, -0.15) is 0 Å². The van der Waals surface area contributed by atoms with Crippen molar-refractivity contribution in [1.82, 2.24) is 15.7 Å². The first-order chi connectivity index (χ1) is 23.4. The molecule has 1 aromatic carbocycles. The summed E-state index contributed by atoms with van der Waals surface area (Å²) in [5.74, 6) is 0.656. The van der Waals surface area contributed by atoms with Crippen LogP contribution in [0.4, 0.5) is 0 Å². The molecular formula is C40H67N3O3S2. The molecule has 0 spiro atoms. The second kappa shape index (κ2) is 30.8. The van der Waals surface area contributed by atoms with Crippen LogP contribution in [0.25, 0.3) is 0 Å². The van der Waals surface area contributed by atoms with Crippen molar-refractivity contribution in [3.05, 3.63) is 87.9 Å². The number of hydrogen-bond acceptors (Lipinski definition) is 7. The van der Waals surface area contributed by atoms with Gasteiger partial charge in [-0.1, -0.05) is 88.4 Å². The molecule has 272 valence electrons. The fourth-order valence-corrected chi connectivity index (χ4v) is 7.58. The summed E-state index contributed by atoms with van der Waals surface area (Å²) in [7, 11) is 6.86. The summed E-state index contributed by atoms with van der Waals surface area (Å²) >= 11 is 3.53. The highest BCUT2D eigenvalue weighted by Crippen LogP contribution is 2.41. The van der Waals surface area contributed by atoms with E-state index < -0.39 is 0 Å². The molecule has 2 aliphatic rings. The number of nitrogens with one attached hydrogen (secondary N) is 2. The number of methoxy groups -OCH3 is 1. The first-order valence-electron chi connectivity index (χ1n) is 17.8. The molecule has 0 saturated heterocycles. The second-order valence-electron chi connectivity index (χ2n) is 11.5. The smallest absolute Gasteiger partial charge is 0.261 e. The molecular weight excluding hydrogens is 635 g/mol. The Morgan fingerprint density at radius 2 is 1.71 bits per heavy atom. The topological polar surface area (TPSA) is 73.8 Å². The molecule has 4 rings (SSSR count). The number of carbonyl (C=O) groups is 1. The molecule has 0 saturated carbocycles. The number of rotatable bonds is 11. The molecule has 2 aliphatic carbocycles. The van der Waals surface area contributed by atoms with Crippen LogP contribution < -0.4 is 10.8 Å². The third-order valence-corrected chi connectivity index (χ3v) is 10.2. The molecule has 0 radical (unpaired) electrons. The number of allylic oxidation sites excluding steroid dienone is 6. The Balaban J connectivity index is 0.00000114. The molecule has 1 amide bonds. The summed E-state index contributed by atoms with van der Waals surface area (Å²) in [6.07, 6.45) is 24.7. The minimum Gasteiger partial charge on any atom is -0.388 e. The molecule has 1 atom stereocenters. The van der Waals surface area contributed by atoms with E-state index >= 15 is 0 Å². The summed E-state index contributed by atoms with van der Waals surface area (Å²) in [4.78, 5) is 16.5. The molecule has 0 aliphatic heterocycles. The van der Waals surface area contributed by atoms with E-state index in [0.29, 0.717) is 5.92 Å². The van der Waals surface area contributed by atoms with Gasteiger partial charge in [-0.25, -0.2) is 5.48 Å². The number of aryl methyl sites for hydroxylation is 1. The summed E-state index contributed by atoms with van der Waals surface area (Å²) < 4.78 is 5.59. The molecule has 2 aromatic rings. The number of hydrogen-bond donors (Lipinski definition) is 3. The third-order valence-electron chi connectivity index (χ3n) is 7.72. The van der Waals surface area contributed by atoms with E-state index in [4.69, 9.17) is 5.21 Å². The summed E-state index contributed by atoms with van der Waals surface area (Å²) in [6.45, 7) is 11.4. The van der Waals surface area contributed by atoms with Crippen LogP contribution in [0.15, 0.2) is 70.5 Å². The minimum absolute atomic E-state index is 0.138. The van der Waals surface area contributed by atoms with Crippen LogP contribution in [0.3, 0.4) is 0 Å². The Kier molecular flexibility index (Phi) is 29.4. The van der Waals surface area contributed by atoms with E-state index in [0.717, 1.165) is 69.5 Å². The van der Waals surface area contributed by atoms with Crippen LogP contribution in [0.2, 0.25) is 0 Å². The predicted molar refractivity (Wildman–Crippen MR) is 212 cm³/mol. The van der Waals surface area contributed by atoms with E-state index in [2.05, 4.69) is 96.8 Å². The van der Waals surface area contributed by atoms with E-state index in [9.17, 15) is 4.79 Å². The second-order valence-corrected chi connectivity index (χ2v) is 13.6. The minimum atomic E-state index is 0.138. The van der Waals surface area contributed by atoms with Gasteiger partial charge in [0, 0.05) is 27.8 Å². The Morgan fingerprint density at radius 1 is 1.04 bits per heavy atom. The highest BCUT2D eigenvalue weighted by molar-refractivity contribution is 8.00. The summed E-state index contributed by atoms with van der Waals surface area (Å²) in [5, 5.41) is 10.6. The van der Waals surface area contributed by atoms with Crippen LogP contribution in [0.1, 0.15) is 99.0 Å². The standard InChI is InChI=1S/C27H40N2OS2.C8H10.C2H6O.C2H6.CH5NO/c1-4-18-29(2)19-11-10-17-28-26(30)25-24-20-22(21-13-8-6-5-7-9-14-21)15-12-16-23(24)27(31-3)32-25;1-2-8-6-4-3-5-7-8;1-3-2;1-2;1-2-3/h5-6,9,13-14,22H,4,7-8,10-12,15-20H2,1-3H3,(H,28,30);3-7H,2H2,1H3;1-2H3;1-2H3;2-3H,1H3/b6-5-,14-9-,21-13+;;;;. The number of nitrogens with zero attached hydrogens (tertiary/aromatic N) is 1. The first-order valence-corrected chi connectivity index (χ1v) is 19.9. The maximum Gasteiger partial charge on any atom is 0.261 e. The van der Waals surface area contributed by atoms with Crippen molar-refractivity contribution in [3.8, 4) is 0 Å². The van der Waals surface area contributed by atoms with Crippen molar-refractivity contribution < 1.29 is 14.7 Å². The quantitative estimate of drug-likeness (QED) is 0.0713. The van der Waals surface area contributed by atoms with Gasteiger partial charge in [0.2, 0.25) is 0 Å². The summed E-state index contributed by atoms with van der Waals surface area (Å²) in [6, 6.07) is 10.5. The monoisotopic (exact) mass is 701 g/mol. The number of hydroxylamine groups is 1. The highest BCUT2D eigenvalue weighted by Gasteiger charge is 2.28. The van der Waals surface area contributed by atoms with Crippen molar-refractivity contribution in [1.29, 1.82) is 0 Å². The SMILES string of the molecule is CC.CCCN(C)CCCCNC(=O)c1sc(SC)c2c1CC(C1=C/C/C=C\C/C=C\1)CCC2.CCc1ccccc1.CNO.COC. The fourth-order valence-electron chi connectivity index (χ4n) is 5.50. The van der Waals surface area contributed by atoms with Crippen LogP contribution in [0, 0.1) is 5.92 Å². The lowest BCUT2D eigenvalue weighted by Gasteiger charge is -2.18. The van der Waals surface area contributed by atoms with Gasteiger partial charge >= 0.3 is 0 Å². The maximum atomic E-state index is 13.2. The number of thioether (sulfide) groups is 1. The number of unbranched alkanes of at least 4 members (excludes halogenated alkanes) is 1. The molecule has 6 nitrogen and oxygen atoms in total. The Morgan fingerprint density at radius 3 is 2.31 bits per heavy atom.